The van der Waals surface area contributed by atoms with E-state index in [9.17, 15) is 19.8 Å². The monoisotopic (exact) mass is 198 g/mol. The maximum absolute atomic E-state index is 10.2. The molecule has 0 aromatic heterocycles. The van der Waals surface area contributed by atoms with Gasteiger partial charge in [0.05, 0.1) is 11.9 Å². The van der Waals surface area contributed by atoms with Crippen molar-refractivity contribution in [2.45, 2.75) is 20.3 Å². The largest absolute Gasteiger partial charge is 2.00 e. The van der Waals surface area contributed by atoms with E-state index in [-0.39, 0.29) is 37.7 Å². The van der Waals surface area contributed by atoms with Crippen molar-refractivity contribution in [1.29, 1.82) is 0 Å². The number of rotatable bonds is 4. The summed E-state index contributed by atoms with van der Waals surface area (Å²) in [5.41, 5.74) is 0. The van der Waals surface area contributed by atoms with Gasteiger partial charge < -0.3 is 19.8 Å². The molecule has 0 amide bonds. The Balaban J connectivity index is 0. The summed E-state index contributed by atoms with van der Waals surface area (Å²) in [5, 5.41) is 20.4. The van der Waals surface area contributed by atoms with Gasteiger partial charge in [-0.1, -0.05) is 20.3 Å². The quantitative estimate of drug-likeness (QED) is 0.378. The molecule has 0 aliphatic rings. The number of carbonyl (C=O) groups is 2. The third kappa shape index (κ3) is 4.28. The smallest absolute Gasteiger partial charge is 0.549 e. The van der Waals surface area contributed by atoms with Gasteiger partial charge in [0.15, 0.2) is 0 Å². The van der Waals surface area contributed by atoms with Gasteiger partial charge >= 0.3 is 37.7 Å². The van der Waals surface area contributed by atoms with Crippen LogP contribution in [0.2, 0.25) is 0 Å². The number of hydrogen-bond donors (Lipinski definition) is 0. The summed E-state index contributed by atoms with van der Waals surface area (Å²) in [6.07, 6.45) is 0.479. The van der Waals surface area contributed by atoms with Crippen LogP contribution in [0.1, 0.15) is 20.3 Å². The number of carboxylic acid groups (broad SMARTS) is 2. The average molecular weight is 198 g/mol. The summed E-state index contributed by atoms with van der Waals surface area (Å²) < 4.78 is 0. The van der Waals surface area contributed by atoms with Gasteiger partial charge in [0, 0.05) is 5.92 Å². The van der Waals surface area contributed by atoms with E-state index in [2.05, 4.69) is 0 Å². The van der Waals surface area contributed by atoms with Crippen molar-refractivity contribution in [3.63, 3.8) is 0 Å². The van der Waals surface area contributed by atoms with Crippen molar-refractivity contribution in [2.75, 3.05) is 0 Å². The molecular weight excluding hydrogens is 188 g/mol. The van der Waals surface area contributed by atoms with Crippen LogP contribution in [0.15, 0.2) is 0 Å². The first-order chi connectivity index (χ1) is 5.00. The SMILES string of the molecule is CCC(C)C(C(=O)[O-])C(=O)[O-].[Ca+2]. The van der Waals surface area contributed by atoms with E-state index in [0.29, 0.717) is 6.42 Å². The third-order valence-electron chi connectivity index (χ3n) is 1.72. The molecule has 1 atom stereocenters. The molecule has 0 heterocycles. The minimum absolute atomic E-state index is 0. The van der Waals surface area contributed by atoms with Crippen LogP contribution in [0, 0.1) is 11.8 Å². The fourth-order valence-corrected chi connectivity index (χ4v) is 0.797. The van der Waals surface area contributed by atoms with Crippen molar-refractivity contribution in [3.8, 4) is 0 Å². The van der Waals surface area contributed by atoms with E-state index in [1.807, 2.05) is 0 Å². The molecule has 64 valence electrons. The van der Waals surface area contributed by atoms with E-state index in [4.69, 9.17) is 0 Å². The number of aliphatic carboxylic acids is 2. The Hall–Kier alpha value is 0.200. The molecule has 0 bridgehead atoms. The average Bonchev–Trinajstić information content (AvgIpc) is 1.85. The third-order valence-corrected chi connectivity index (χ3v) is 1.72. The Labute approximate surface area is 101 Å². The Morgan fingerprint density at radius 3 is 1.67 bits per heavy atom. The molecule has 0 fully saturated rings. The summed E-state index contributed by atoms with van der Waals surface area (Å²) in [6, 6.07) is 0. The standard InChI is InChI=1S/C7H12O4.Ca/c1-3-4(2)5(6(8)9)7(10)11;/h4-5H,3H2,1-2H3,(H,8,9)(H,10,11);/q;+2/p-2. The van der Waals surface area contributed by atoms with Crippen molar-refractivity contribution in [1.82, 2.24) is 0 Å². The van der Waals surface area contributed by atoms with Crippen LogP contribution >= 0.6 is 0 Å². The maximum atomic E-state index is 10.2. The first kappa shape index (κ1) is 14.7. The minimum atomic E-state index is -1.57. The summed E-state index contributed by atoms with van der Waals surface area (Å²) >= 11 is 0. The van der Waals surface area contributed by atoms with E-state index in [0.717, 1.165) is 0 Å². The summed E-state index contributed by atoms with van der Waals surface area (Å²) in [4.78, 5) is 20.4. The predicted molar refractivity (Wildman–Crippen MR) is 38.7 cm³/mol. The normalized spacial score (nSPS) is 11.9. The van der Waals surface area contributed by atoms with Crippen LogP contribution in [0.25, 0.3) is 0 Å². The summed E-state index contributed by atoms with van der Waals surface area (Å²) in [6.45, 7) is 3.25. The zero-order chi connectivity index (χ0) is 9.02. The van der Waals surface area contributed by atoms with Gasteiger partial charge in [-0.2, -0.15) is 0 Å². The van der Waals surface area contributed by atoms with Crippen LogP contribution in [0.4, 0.5) is 0 Å². The molecule has 12 heavy (non-hydrogen) atoms. The van der Waals surface area contributed by atoms with Crippen molar-refractivity contribution in [2.24, 2.45) is 11.8 Å². The van der Waals surface area contributed by atoms with Crippen LogP contribution in [0.5, 0.6) is 0 Å². The predicted octanol–water partition coefficient (Wildman–Crippen LogP) is -2.23. The molecular formula is C7H10CaO4. The van der Waals surface area contributed by atoms with Gasteiger partial charge in [0.2, 0.25) is 0 Å². The second-order valence-corrected chi connectivity index (χ2v) is 2.50. The van der Waals surface area contributed by atoms with Crippen molar-refractivity contribution < 1.29 is 19.8 Å². The Morgan fingerprint density at radius 2 is 1.58 bits per heavy atom. The van der Waals surface area contributed by atoms with Gasteiger partial charge in [-0.05, 0) is 5.92 Å². The molecule has 0 N–H and O–H groups in total. The van der Waals surface area contributed by atoms with Crippen LogP contribution < -0.4 is 10.2 Å². The molecule has 0 saturated carbocycles. The first-order valence-electron chi connectivity index (χ1n) is 3.42. The van der Waals surface area contributed by atoms with Crippen molar-refractivity contribution in [3.05, 3.63) is 0 Å². The number of hydrogen-bond acceptors (Lipinski definition) is 4. The van der Waals surface area contributed by atoms with Crippen LogP contribution in [-0.2, 0) is 9.59 Å². The van der Waals surface area contributed by atoms with Gasteiger partial charge in [0.1, 0.15) is 0 Å². The Bertz CT molecular complexity index is 155. The van der Waals surface area contributed by atoms with E-state index < -0.39 is 23.8 Å². The molecule has 0 spiro atoms. The van der Waals surface area contributed by atoms with E-state index >= 15 is 0 Å². The fourth-order valence-electron chi connectivity index (χ4n) is 0.797. The van der Waals surface area contributed by atoms with E-state index in [1.165, 1.54) is 6.92 Å². The maximum Gasteiger partial charge on any atom is 2.00 e. The number of carboxylic acids is 2. The van der Waals surface area contributed by atoms with Gasteiger partial charge in [-0.3, -0.25) is 0 Å². The topological polar surface area (TPSA) is 80.3 Å². The summed E-state index contributed by atoms with van der Waals surface area (Å²) in [5.74, 6) is -5.07. The number of carbonyl (C=O) groups excluding carboxylic acids is 2. The second-order valence-electron chi connectivity index (χ2n) is 2.50. The molecule has 0 aromatic rings. The fraction of sp³-hybridized carbons (Fsp3) is 0.714. The van der Waals surface area contributed by atoms with Crippen molar-refractivity contribution >= 4 is 49.7 Å². The summed E-state index contributed by atoms with van der Waals surface area (Å²) in [7, 11) is 0. The van der Waals surface area contributed by atoms with E-state index in [1.54, 1.807) is 6.92 Å². The van der Waals surface area contributed by atoms with Gasteiger partial charge in [0.25, 0.3) is 0 Å². The minimum Gasteiger partial charge on any atom is -0.549 e. The molecule has 5 heteroatoms. The van der Waals surface area contributed by atoms with Crippen LogP contribution in [-0.4, -0.2) is 49.7 Å². The molecule has 0 rings (SSSR count). The zero-order valence-electron chi connectivity index (χ0n) is 7.20. The molecule has 4 nitrogen and oxygen atoms in total. The first-order valence-corrected chi connectivity index (χ1v) is 3.42. The van der Waals surface area contributed by atoms with Crippen LogP contribution in [0.3, 0.4) is 0 Å². The Morgan fingerprint density at radius 1 is 1.25 bits per heavy atom. The molecule has 0 aromatic carbocycles. The molecule has 0 aliphatic carbocycles. The Kier molecular flexibility index (Phi) is 8.20. The molecule has 1 unspecified atom stereocenters. The molecule has 0 radical (unpaired) electrons. The van der Waals surface area contributed by atoms with Gasteiger partial charge in [-0.25, -0.2) is 0 Å². The van der Waals surface area contributed by atoms with Gasteiger partial charge in [-0.15, -0.1) is 0 Å². The molecule has 0 aliphatic heterocycles. The second kappa shape index (κ2) is 6.69. The molecule has 0 saturated heterocycles. The zero-order valence-corrected chi connectivity index (χ0v) is 9.41.